The van der Waals surface area contributed by atoms with E-state index in [9.17, 15) is 0 Å². The SMILES string of the molecule is CSc1cccc(-c2nc3c4ccccc4ncn3n2)c1. The maximum atomic E-state index is 4.69. The van der Waals surface area contributed by atoms with Crippen molar-refractivity contribution < 1.29 is 0 Å². The quantitative estimate of drug-likeness (QED) is 0.529. The molecule has 0 bridgehead atoms. The van der Waals surface area contributed by atoms with Crippen LogP contribution in [-0.4, -0.2) is 25.8 Å². The average molecular weight is 292 g/mol. The van der Waals surface area contributed by atoms with Gasteiger partial charge in [-0.05, 0) is 30.5 Å². The Kier molecular flexibility index (Phi) is 2.86. The van der Waals surface area contributed by atoms with Gasteiger partial charge in [-0.25, -0.2) is 14.5 Å². The number of fused-ring (bicyclic) bond motifs is 3. The van der Waals surface area contributed by atoms with Gasteiger partial charge in [0.25, 0.3) is 0 Å². The van der Waals surface area contributed by atoms with Gasteiger partial charge in [0.1, 0.15) is 6.33 Å². The van der Waals surface area contributed by atoms with Gasteiger partial charge < -0.3 is 0 Å². The molecular weight excluding hydrogens is 280 g/mol. The van der Waals surface area contributed by atoms with Crippen LogP contribution in [0.5, 0.6) is 0 Å². The number of benzene rings is 2. The Morgan fingerprint density at radius 3 is 2.86 bits per heavy atom. The molecule has 2 aromatic heterocycles. The van der Waals surface area contributed by atoms with E-state index >= 15 is 0 Å². The number of rotatable bonds is 2. The summed E-state index contributed by atoms with van der Waals surface area (Å²) in [7, 11) is 0. The molecule has 4 nitrogen and oxygen atoms in total. The lowest BCUT2D eigenvalue weighted by atomic mass is 10.2. The van der Waals surface area contributed by atoms with Crippen molar-refractivity contribution >= 4 is 28.3 Å². The Morgan fingerprint density at radius 2 is 1.95 bits per heavy atom. The minimum atomic E-state index is 0.726. The number of thioether (sulfide) groups is 1. The normalized spacial score (nSPS) is 11.3. The van der Waals surface area contributed by atoms with Crippen molar-refractivity contribution in [3.63, 3.8) is 0 Å². The Labute approximate surface area is 125 Å². The first kappa shape index (κ1) is 12.3. The third-order valence-electron chi connectivity index (χ3n) is 3.41. The van der Waals surface area contributed by atoms with E-state index < -0.39 is 0 Å². The summed E-state index contributed by atoms with van der Waals surface area (Å²) in [5.74, 6) is 0.726. The van der Waals surface area contributed by atoms with Gasteiger partial charge in [-0.1, -0.05) is 24.3 Å². The first-order chi connectivity index (χ1) is 10.3. The molecule has 0 aliphatic carbocycles. The molecule has 0 unspecified atom stereocenters. The van der Waals surface area contributed by atoms with E-state index in [4.69, 9.17) is 0 Å². The van der Waals surface area contributed by atoms with Gasteiger partial charge >= 0.3 is 0 Å². The molecule has 5 heteroatoms. The van der Waals surface area contributed by atoms with Crippen molar-refractivity contribution in [2.75, 3.05) is 6.26 Å². The Morgan fingerprint density at radius 1 is 1.05 bits per heavy atom. The molecule has 0 aliphatic rings. The fourth-order valence-electron chi connectivity index (χ4n) is 2.36. The van der Waals surface area contributed by atoms with Gasteiger partial charge in [0.15, 0.2) is 11.5 Å². The summed E-state index contributed by atoms with van der Waals surface area (Å²) in [4.78, 5) is 10.3. The molecule has 2 aromatic carbocycles. The van der Waals surface area contributed by atoms with E-state index in [0.29, 0.717) is 0 Å². The smallest absolute Gasteiger partial charge is 0.182 e. The predicted molar refractivity (Wildman–Crippen MR) is 85.5 cm³/mol. The largest absolute Gasteiger partial charge is 0.236 e. The van der Waals surface area contributed by atoms with Crippen LogP contribution in [0.1, 0.15) is 0 Å². The van der Waals surface area contributed by atoms with Crippen molar-refractivity contribution in [3.05, 3.63) is 54.9 Å². The van der Waals surface area contributed by atoms with Crippen LogP contribution in [0.3, 0.4) is 0 Å². The van der Waals surface area contributed by atoms with Gasteiger partial charge in [0, 0.05) is 15.8 Å². The maximum Gasteiger partial charge on any atom is 0.182 e. The molecule has 0 N–H and O–H groups in total. The average Bonchev–Trinajstić information content (AvgIpc) is 2.99. The second-order valence-electron chi connectivity index (χ2n) is 4.70. The molecule has 21 heavy (non-hydrogen) atoms. The van der Waals surface area contributed by atoms with Crippen LogP contribution < -0.4 is 0 Å². The molecule has 0 atom stereocenters. The predicted octanol–water partition coefficient (Wildman–Crippen LogP) is 3.67. The topological polar surface area (TPSA) is 43.1 Å². The van der Waals surface area contributed by atoms with Crippen LogP contribution >= 0.6 is 11.8 Å². The van der Waals surface area contributed by atoms with Crippen molar-refractivity contribution in [1.29, 1.82) is 0 Å². The minimum Gasteiger partial charge on any atom is -0.236 e. The van der Waals surface area contributed by atoms with E-state index in [1.807, 2.05) is 36.4 Å². The molecule has 0 radical (unpaired) electrons. The Balaban J connectivity index is 1.96. The molecule has 4 rings (SSSR count). The fourth-order valence-corrected chi connectivity index (χ4v) is 2.82. The van der Waals surface area contributed by atoms with Gasteiger partial charge in [-0.2, -0.15) is 0 Å². The van der Waals surface area contributed by atoms with E-state index in [2.05, 4.69) is 33.5 Å². The monoisotopic (exact) mass is 292 g/mol. The zero-order chi connectivity index (χ0) is 14.2. The van der Waals surface area contributed by atoms with Crippen molar-refractivity contribution in [2.45, 2.75) is 4.90 Å². The fraction of sp³-hybridized carbons (Fsp3) is 0.0625. The standard InChI is InChI=1S/C16H12N4S/c1-21-12-6-4-5-11(9-12)15-18-16-13-7-2-3-8-14(13)17-10-20(16)19-15/h2-10H,1H3. The summed E-state index contributed by atoms with van der Waals surface area (Å²) < 4.78 is 1.74. The summed E-state index contributed by atoms with van der Waals surface area (Å²) >= 11 is 1.71. The number of para-hydroxylation sites is 1. The number of hydrogen-bond acceptors (Lipinski definition) is 4. The summed E-state index contributed by atoms with van der Waals surface area (Å²) in [6, 6.07) is 16.2. The molecule has 0 saturated carbocycles. The minimum absolute atomic E-state index is 0.726. The van der Waals surface area contributed by atoms with Crippen LogP contribution in [0.2, 0.25) is 0 Å². The molecule has 102 valence electrons. The van der Waals surface area contributed by atoms with Gasteiger partial charge in [0.2, 0.25) is 0 Å². The molecule has 0 fully saturated rings. The summed E-state index contributed by atoms with van der Waals surface area (Å²) in [5.41, 5.74) is 2.79. The van der Waals surface area contributed by atoms with Crippen LogP contribution in [0.15, 0.2) is 59.8 Å². The van der Waals surface area contributed by atoms with Gasteiger partial charge in [-0.3, -0.25) is 0 Å². The highest BCUT2D eigenvalue weighted by molar-refractivity contribution is 7.98. The van der Waals surface area contributed by atoms with Crippen LogP contribution in [0.4, 0.5) is 0 Å². The number of aromatic nitrogens is 4. The molecule has 0 saturated heterocycles. The molecular formula is C16H12N4S. The van der Waals surface area contributed by atoms with Gasteiger partial charge in [0.05, 0.1) is 5.52 Å². The lowest BCUT2D eigenvalue weighted by Crippen LogP contribution is -1.90. The van der Waals surface area contributed by atoms with Crippen LogP contribution in [0, 0.1) is 0 Å². The number of hydrogen-bond donors (Lipinski definition) is 0. The van der Waals surface area contributed by atoms with Gasteiger partial charge in [-0.15, -0.1) is 16.9 Å². The second kappa shape index (κ2) is 4.86. The summed E-state index contributed by atoms with van der Waals surface area (Å²) in [6.45, 7) is 0. The van der Waals surface area contributed by atoms with Crippen LogP contribution in [-0.2, 0) is 0 Å². The first-order valence-corrected chi connectivity index (χ1v) is 7.82. The molecule has 4 aromatic rings. The lowest BCUT2D eigenvalue weighted by molar-refractivity contribution is 0.938. The van der Waals surface area contributed by atoms with Crippen LogP contribution in [0.25, 0.3) is 27.9 Å². The third kappa shape index (κ3) is 2.06. The summed E-state index contributed by atoms with van der Waals surface area (Å²) in [6.07, 6.45) is 3.78. The van der Waals surface area contributed by atoms with E-state index in [1.54, 1.807) is 22.6 Å². The second-order valence-corrected chi connectivity index (χ2v) is 5.58. The summed E-state index contributed by atoms with van der Waals surface area (Å²) in [5, 5.41) is 5.56. The molecule has 2 heterocycles. The highest BCUT2D eigenvalue weighted by atomic mass is 32.2. The Bertz CT molecular complexity index is 945. The van der Waals surface area contributed by atoms with Crippen molar-refractivity contribution in [1.82, 2.24) is 19.6 Å². The third-order valence-corrected chi connectivity index (χ3v) is 4.14. The highest BCUT2D eigenvalue weighted by Gasteiger charge is 2.09. The van der Waals surface area contributed by atoms with Crippen molar-refractivity contribution in [2.24, 2.45) is 0 Å². The zero-order valence-electron chi connectivity index (χ0n) is 11.4. The maximum absolute atomic E-state index is 4.69. The molecule has 0 spiro atoms. The first-order valence-electron chi connectivity index (χ1n) is 6.60. The molecule has 0 amide bonds. The zero-order valence-corrected chi connectivity index (χ0v) is 12.2. The Hall–Kier alpha value is -2.40. The lowest BCUT2D eigenvalue weighted by Gasteiger charge is -1.98. The molecule has 0 aliphatic heterocycles. The van der Waals surface area contributed by atoms with Crippen molar-refractivity contribution in [3.8, 4) is 11.4 Å². The van der Waals surface area contributed by atoms with E-state index in [1.165, 1.54) is 4.90 Å². The highest BCUT2D eigenvalue weighted by Crippen LogP contribution is 2.24. The number of nitrogens with zero attached hydrogens (tertiary/aromatic N) is 4. The van der Waals surface area contributed by atoms with E-state index in [-0.39, 0.29) is 0 Å². The van der Waals surface area contributed by atoms with E-state index in [0.717, 1.165) is 27.9 Å².